The summed E-state index contributed by atoms with van der Waals surface area (Å²) in [4.78, 5) is 0. The van der Waals surface area contributed by atoms with E-state index in [4.69, 9.17) is 9.47 Å². The zero-order valence-electron chi connectivity index (χ0n) is 13.5. The van der Waals surface area contributed by atoms with Crippen LogP contribution in [-0.4, -0.2) is 34.2 Å². The Labute approximate surface area is 127 Å². The molecule has 0 aromatic carbocycles. The number of aliphatic hydroxyl groups is 1. The summed E-state index contributed by atoms with van der Waals surface area (Å²) in [6.45, 7) is 5.48. The zero-order chi connectivity index (χ0) is 15.3. The van der Waals surface area contributed by atoms with Crippen molar-refractivity contribution in [1.29, 1.82) is 0 Å². The van der Waals surface area contributed by atoms with E-state index in [1.807, 2.05) is 11.6 Å². The van der Waals surface area contributed by atoms with Crippen LogP contribution in [0.2, 0.25) is 0 Å². The van der Waals surface area contributed by atoms with Crippen LogP contribution in [-0.2, 0) is 11.3 Å². The predicted octanol–water partition coefficient (Wildman–Crippen LogP) is 3.07. The van der Waals surface area contributed by atoms with E-state index in [9.17, 15) is 5.11 Å². The normalized spacial score (nSPS) is 19.4. The lowest BCUT2D eigenvalue weighted by molar-refractivity contribution is -0.144. The minimum atomic E-state index is -0.693. The first-order valence-electron chi connectivity index (χ1n) is 8.10. The van der Waals surface area contributed by atoms with Crippen LogP contribution in [0.1, 0.15) is 64.2 Å². The first-order valence-corrected chi connectivity index (χ1v) is 8.10. The lowest BCUT2D eigenvalue weighted by Crippen LogP contribution is -2.42. The molecule has 0 bridgehead atoms. The molecule has 21 heavy (non-hydrogen) atoms. The van der Waals surface area contributed by atoms with Crippen LogP contribution < -0.4 is 4.74 Å². The Morgan fingerprint density at radius 3 is 2.62 bits per heavy atom. The van der Waals surface area contributed by atoms with Gasteiger partial charge in [-0.15, -0.1) is 0 Å². The van der Waals surface area contributed by atoms with Crippen molar-refractivity contribution in [2.24, 2.45) is 0 Å². The van der Waals surface area contributed by atoms with Gasteiger partial charge in [-0.2, -0.15) is 5.10 Å². The summed E-state index contributed by atoms with van der Waals surface area (Å²) in [5.41, 5.74) is 0.265. The van der Waals surface area contributed by atoms with Crippen LogP contribution in [0, 0.1) is 0 Å². The van der Waals surface area contributed by atoms with E-state index in [1.165, 1.54) is 6.42 Å². The Morgan fingerprint density at radius 1 is 1.33 bits per heavy atom. The van der Waals surface area contributed by atoms with E-state index in [2.05, 4.69) is 12.0 Å². The van der Waals surface area contributed by atoms with Gasteiger partial charge in [0.25, 0.3) is 0 Å². The predicted molar refractivity (Wildman–Crippen MR) is 81.5 cm³/mol. The van der Waals surface area contributed by atoms with E-state index >= 15 is 0 Å². The molecule has 1 N–H and O–H groups in total. The Kier molecular flexibility index (Phi) is 5.65. The summed E-state index contributed by atoms with van der Waals surface area (Å²) < 4.78 is 13.3. The summed E-state index contributed by atoms with van der Waals surface area (Å²) in [6.07, 6.45) is 7.16. The number of rotatable bonds is 7. The highest BCUT2D eigenvalue weighted by Crippen LogP contribution is 2.43. The van der Waals surface area contributed by atoms with Crippen LogP contribution >= 0.6 is 0 Å². The molecule has 0 radical (unpaired) electrons. The number of aromatic nitrogens is 2. The van der Waals surface area contributed by atoms with Gasteiger partial charge in [0, 0.05) is 13.2 Å². The van der Waals surface area contributed by atoms with E-state index in [1.54, 1.807) is 13.3 Å². The fraction of sp³-hybridized carbons (Fsp3) is 0.812. The minimum absolute atomic E-state index is 0.494. The molecular formula is C16H28N2O3. The Morgan fingerprint density at radius 2 is 2.05 bits per heavy atom. The average molecular weight is 296 g/mol. The van der Waals surface area contributed by atoms with Gasteiger partial charge in [0.15, 0.2) is 5.75 Å². The third-order valence-corrected chi connectivity index (χ3v) is 4.39. The molecule has 5 heteroatoms. The molecule has 1 aromatic heterocycles. The molecule has 0 amide bonds. The van der Waals surface area contributed by atoms with Crippen molar-refractivity contribution in [3.8, 4) is 5.75 Å². The molecule has 2 rings (SSSR count). The maximum atomic E-state index is 11.1. The molecule has 1 fully saturated rings. The molecule has 1 saturated carbocycles. The van der Waals surface area contributed by atoms with E-state index < -0.39 is 11.7 Å². The molecule has 1 unspecified atom stereocenters. The van der Waals surface area contributed by atoms with Gasteiger partial charge >= 0.3 is 0 Å². The summed E-state index contributed by atoms with van der Waals surface area (Å²) in [5, 5.41) is 15.4. The largest absolute Gasteiger partial charge is 0.493 e. The molecular weight excluding hydrogens is 268 g/mol. The minimum Gasteiger partial charge on any atom is -0.493 e. The number of aliphatic hydroxyl groups excluding tert-OH is 1. The summed E-state index contributed by atoms with van der Waals surface area (Å²) in [5.74, 6) is 0.653. The first kappa shape index (κ1) is 16.3. The van der Waals surface area contributed by atoms with Crippen LogP contribution in [0.4, 0.5) is 0 Å². The Hall–Kier alpha value is -1.07. The Balaban J connectivity index is 2.35. The van der Waals surface area contributed by atoms with Gasteiger partial charge in [0.2, 0.25) is 0 Å². The molecule has 1 aliphatic carbocycles. The quantitative estimate of drug-likeness (QED) is 0.840. The lowest BCUT2D eigenvalue weighted by Gasteiger charge is -2.41. The van der Waals surface area contributed by atoms with Crippen LogP contribution in [0.5, 0.6) is 5.75 Å². The molecule has 1 aromatic rings. The number of methoxy groups -OCH3 is 1. The second kappa shape index (κ2) is 7.27. The molecule has 0 aliphatic heterocycles. The van der Waals surface area contributed by atoms with Gasteiger partial charge in [-0.3, -0.25) is 4.68 Å². The fourth-order valence-corrected chi connectivity index (χ4v) is 3.38. The lowest BCUT2D eigenvalue weighted by atomic mass is 9.79. The summed E-state index contributed by atoms with van der Waals surface area (Å²) >= 11 is 0. The van der Waals surface area contributed by atoms with E-state index in [-0.39, 0.29) is 0 Å². The van der Waals surface area contributed by atoms with Crippen molar-refractivity contribution in [2.75, 3.05) is 13.7 Å². The molecule has 5 nitrogen and oxygen atoms in total. The molecule has 0 spiro atoms. The number of hydrogen-bond donors (Lipinski definition) is 1. The van der Waals surface area contributed by atoms with Gasteiger partial charge in [0.05, 0.1) is 18.9 Å². The van der Waals surface area contributed by atoms with Crippen molar-refractivity contribution >= 4 is 0 Å². The smallest absolute Gasteiger partial charge is 0.162 e. The fourth-order valence-electron chi connectivity index (χ4n) is 3.38. The summed E-state index contributed by atoms with van der Waals surface area (Å²) in [6, 6.07) is 0. The highest BCUT2D eigenvalue weighted by Gasteiger charge is 2.43. The number of hydrogen-bond acceptors (Lipinski definition) is 4. The highest BCUT2D eigenvalue weighted by atomic mass is 16.5. The van der Waals surface area contributed by atoms with E-state index in [0.29, 0.717) is 12.4 Å². The monoisotopic (exact) mass is 296 g/mol. The Bertz CT molecular complexity index is 433. The van der Waals surface area contributed by atoms with Crippen molar-refractivity contribution in [3.05, 3.63) is 11.9 Å². The molecule has 1 atom stereocenters. The van der Waals surface area contributed by atoms with Crippen molar-refractivity contribution in [1.82, 2.24) is 9.78 Å². The molecule has 0 saturated heterocycles. The van der Waals surface area contributed by atoms with Gasteiger partial charge in [0.1, 0.15) is 11.8 Å². The van der Waals surface area contributed by atoms with Crippen molar-refractivity contribution < 1.29 is 14.6 Å². The van der Waals surface area contributed by atoms with Gasteiger partial charge in [-0.05, 0) is 26.2 Å². The number of ether oxygens (including phenoxy) is 2. The second-order valence-electron chi connectivity index (χ2n) is 5.78. The van der Waals surface area contributed by atoms with Crippen LogP contribution in [0.15, 0.2) is 6.20 Å². The first-order chi connectivity index (χ1) is 10.2. The van der Waals surface area contributed by atoms with Crippen molar-refractivity contribution in [2.45, 2.75) is 70.6 Å². The molecule has 120 valence electrons. The van der Waals surface area contributed by atoms with E-state index in [0.717, 1.165) is 44.3 Å². The van der Waals surface area contributed by atoms with Crippen LogP contribution in [0.3, 0.4) is 0 Å². The third-order valence-electron chi connectivity index (χ3n) is 4.39. The SMILES string of the molecule is CCCn1ncc(OC)c1C(O)C1(OCC)CCCCC1. The van der Waals surface area contributed by atoms with Crippen molar-refractivity contribution in [3.63, 3.8) is 0 Å². The average Bonchev–Trinajstić information content (AvgIpc) is 2.91. The maximum Gasteiger partial charge on any atom is 0.162 e. The molecule has 1 aliphatic rings. The molecule has 1 heterocycles. The number of aryl methyl sites for hydroxylation is 1. The highest BCUT2D eigenvalue weighted by molar-refractivity contribution is 5.29. The zero-order valence-corrected chi connectivity index (χ0v) is 13.5. The number of nitrogens with zero attached hydrogens (tertiary/aromatic N) is 2. The van der Waals surface area contributed by atoms with Gasteiger partial charge in [-0.25, -0.2) is 0 Å². The summed E-state index contributed by atoms with van der Waals surface area (Å²) in [7, 11) is 1.62. The van der Waals surface area contributed by atoms with Gasteiger partial charge < -0.3 is 14.6 Å². The standard InChI is InChI=1S/C16H28N2O3/c1-4-11-18-14(13(20-3)12-17-18)15(19)16(21-5-2)9-7-6-8-10-16/h12,15,19H,4-11H2,1-3H3. The topological polar surface area (TPSA) is 56.5 Å². The van der Waals surface area contributed by atoms with Crippen LogP contribution in [0.25, 0.3) is 0 Å². The van der Waals surface area contributed by atoms with Gasteiger partial charge in [-0.1, -0.05) is 26.2 Å². The maximum absolute atomic E-state index is 11.1. The third kappa shape index (κ3) is 3.24. The second-order valence-corrected chi connectivity index (χ2v) is 5.78.